The van der Waals surface area contributed by atoms with Gasteiger partial charge in [0.05, 0.1) is 0 Å². The molecule has 0 aromatic heterocycles. The molecule has 0 saturated carbocycles. The molecule has 3 aromatic rings. The number of amidine groups is 1. The third-order valence-electron chi connectivity index (χ3n) is 4.42. The zero-order valence-corrected chi connectivity index (χ0v) is 15.5. The van der Waals surface area contributed by atoms with Gasteiger partial charge in [0, 0.05) is 11.3 Å². The van der Waals surface area contributed by atoms with Gasteiger partial charge in [-0.3, -0.25) is 4.79 Å². The molecule has 148 valence electrons. The van der Waals surface area contributed by atoms with Crippen LogP contribution in [0.15, 0.2) is 65.8 Å². The van der Waals surface area contributed by atoms with Gasteiger partial charge in [0.15, 0.2) is 5.84 Å². The van der Waals surface area contributed by atoms with E-state index in [0.29, 0.717) is 17.1 Å². The predicted molar refractivity (Wildman–Crippen MR) is 109 cm³/mol. The molecule has 0 unspecified atom stereocenters. The second-order valence-corrected chi connectivity index (χ2v) is 6.28. The summed E-state index contributed by atoms with van der Waals surface area (Å²) in [5.74, 6) is 8.39. The average Bonchev–Trinajstić information content (AvgIpc) is 2.70. The van der Waals surface area contributed by atoms with Crippen LogP contribution in [0.4, 0.5) is 14.5 Å². The fourth-order valence-electron chi connectivity index (χ4n) is 2.92. The minimum absolute atomic E-state index is 0.335. The molecule has 0 bridgehead atoms. The fraction of sp³-hybridized carbons (Fsp3) is 0.0476. The van der Waals surface area contributed by atoms with E-state index in [2.05, 4.69) is 15.8 Å². The number of hydrogen-bond acceptors (Lipinski definition) is 4. The minimum Gasteiger partial charge on any atom is -0.322 e. The van der Waals surface area contributed by atoms with Crippen molar-refractivity contribution in [3.05, 3.63) is 89.0 Å². The van der Waals surface area contributed by atoms with E-state index in [9.17, 15) is 13.6 Å². The highest BCUT2D eigenvalue weighted by Gasteiger charge is 2.17. The first-order valence-electron chi connectivity index (χ1n) is 8.66. The van der Waals surface area contributed by atoms with E-state index < -0.39 is 23.1 Å². The third-order valence-corrected chi connectivity index (χ3v) is 4.42. The molecule has 6 N–H and O–H groups in total. The first-order valence-corrected chi connectivity index (χ1v) is 8.66. The summed E-state index contributed by atoms with van der Waals surface area (Å²) in [5.41, 5.74) is 5.72. The van der Waals surface area contributed by atoms with Crippen molar-refractivity contribution in [3.63, 3.8) is 0 Å². The summed E-state index contributed by atoms with van der Waals surface area (Å²) in [4.78, 5) is 12.2. The Morgan fingerprint density at radius 2 is 1.66 bits per heavy atom. The highest BCUT2D eigenvalue weighted by Crippen LogP contribution is 2.26. The number of nitrogens with two attached hydrogens (primary N) is 2. The summed E-state index contributed by atoms with van der Waals surface area (Å²) in [6.45, 7) is 1.95. The number of halogens is 2. The molecule has 8 heteroatoms. The Hall–Kier alpha value is -3.78. The first kappa shape index (κ1) is 20.0. The van der Waals surface area contributed by atoms with Crippen LogP contribution in [0.5, 0.6) is 0 Å². The van der Waals surface area contributed by atoms with Gasteiger partial charge in [0.1, 0.15) is 17.2 Å². The molecular formula is C21H19F2N5O. The predicted octanol–water partition coefficient (Wildman–Crippen LogP) is 3.28. The van der Waals surface area contributed by atoms with Crippen molar-refractivity contribution in [1.82, 2.24) is 5.43 Å². The number of amides is 1. The monoisotopic (exact) mass is 395 g/mol. The quantitative estimate of drug-likeness (QED) is 0.235. The summed E-state index contributed by atoms with van der Waals surface area (Å²) in [5, 5.41) is 6.10. The number of hydrogen-bond donors (Lipinski definition) is 4. The van der Waals surface area contributed by atoms with Crippen LogP contribution in [-0.2, 0) is 0 Å². The molecule has 0 radical (unpaired) electrons. The second-order valence-electron chi connectivity index (χ2n) is 6.28. The van der Waals surface area contributed by atoms with Gasteiger partial charge in [-0.25, -0.2) is 14.6 Å². The standard InChI is InChI=1S/C21H19F2N5O/c1-12-5-6-14(20(27-24)28-25)11-16(12)13-7-9-15(10-8-13)26-21(29)19-17(22)3-2-4-18(19)23/h2-11H,24-25H2,1H3,(H,26,29)(H,27,28). The largest absolute Gasteiger partial charge is 0.322 e. The van der Waals surface area contributed by atoms with Crippen molar-refractivity contribution in [1.29, 1.82) is 0 Å². The summed E-state index contributed by atoms with van der Waals surface area (Å²) < 4.78 is 27.5. The van der Waals surface area contributed by atoms with E-state index in [1.807, 2.05) is 25.1 Å². The van der Waals surface area contributed by atoms with Crippen molar-refractivity contribution in [2.24, 2.45) is 16.8 Å². The van der Waals surface area contributed by atoms with Crippen molar-refractivity contribution >= 4 is 17.4 Å². The zero-order valence-electron chi connectivity index (χ0n) is 15.5. The third kappa shape index (κ3) is 4.22. The van der Waals surface area contributed by atoms with E-state index in [4.69, 9.17) is 11.7 Å². The minimum atomic E-state index is -0.919. The van der Waals surface area contributed by atoms with Gasteiger partial charge in [0.25, 0.3) is 5.91 Å². The maximum Gasteiger partial charge on any atom is 0.261 e. The van der Waals surface area contributed by atoms with Gasteiger partial charge in [-0.2, -0.15) is 5.10 Å². The second kappa shape index (κ2) is 8.49. The average molecular weight is 395 g/mol. The normalized spacial score (nSPS) is 11.2. The number of anilines is 1. The summed E-state index contributed by atoms with van der Waals surface area (Å²) in [6.07, 6.45) is 0. The van der Waals surface area contributed by atoms with Crippen LogP contribution in [0.3, 0.4) is 0 Å². The molecule has 0 heterocycles. The number of carbonyl (C=O) groups excluding carboxylic acids is 1. The van der Waals surface area contributed by atoms with Crippen molar-refractivity contribution < 1.29 is 13.6 Å². The lowest BCUT2D eigenvalue weighted by Crippen LogP contribution is -2.32. The number of benzene rings is 3. The Labute approximate surface area is 166 Å². The van der Waals surface area contributed by atoms with Crippen LogP contribution >= 0.6 is 0 Å². The van der Waals surface area contributed by atoms with Gasteiger partial charge in [-0.1, -0.05) is 30.3 Å². The van der Waals surface area contributed by atoms with Crippen LogP contribution in [0, 0.1) is 18.6 Å². The lowest BCUT2D eigenvalue weighted by molar-refractivity contribution is 0.101. The molecule has 0 saturated heterocycles. The Balaban J connectivity index is 1.86. The molecule has 0 fully saturated rings. The van der Waals surface area contributed by atoms with Crippen LogP contribution in [0.25, 0.3) is 11.1 Å². The lowest BCUT2D eigenvalue weighted by atomic mass is 9.97. The van der Waals surface area contributed by atoms with Crippen molar-refractivity contribution in [3.8, 4) is 11.1 Å². The lowest BCUT2D eigenvalue weighted by Gasteiger charge is -2.12. The Morgan fingerprint density at radius 3 is 2.24 bits per heavy atom. The van der Waals surface area contributed by atoms with Gasteiger partial charge in [-0.15, -0.1) is 0 Å². The Kier molecular flexibility index (Phi) is 5.85. The molecule has 0 aliphatic rings. The van der Waals surface area contributed by atoms with Gasteiger partial charge in [0.2, 0.25) is 0 Å². The van der Waals surface area contributed by atoms with Gasteiger partial charge < -0.3 is 16.6 Å². The van der Waals surface area contributed by atoms with Crippen LogP contribution in [0.1, 0.15) is 21.5 Å². The number of hydrazone groups is 1. The summed E-state index contributed by atoms with van der Waals surface area (Å²) >= 11 is 0. The number of aryl methyl sites for hydroxylation is 1. The maximum absolute atomic E-state index is 13.8. The summed E-state index contributed by atoms with van der Waals surface area (Å²) in [6, 6.07) is 15.8. The van der Waals surface area contributed by atoms with E-state index in [-0.39, 0.29) is 0 Å². The summed E-state index contributed by atoms with van der Waals surface area (Å²) in [7, 11) is 0. The number of nitrogens with one attached hydrogen (secondary N) is 2. The zero-order chi connectivity index (χ0) is 21.0. The molecule has 6 nitrogen and oxygen atoms in total. The fourth-order valence-corrected chi connectivity index (χ4v) is 2.92. The van der Waals surface area contributed by atoms with Crippen LogP contribution in [-0.4, -0.2) is 11.7 Å². The Morgan fingerprint density at radius 1 is 1.00 bits per heavy atom. The van der Waals surface area contributed by atoms with Crippen molar-refractivity contribution in [2.45, 2.75) is 6.92 Å². The SMILES string of the molecule is Cc1ccc(C(=NN)NN)cc1-c1ccc(NC(=O)c2c(F)cccc2F)cc1. The number of hydrazine groups is 1. The number of rotatable bonds is 4. The van der Waals surface area contributed by atoms with Crippen LogP contribution < -0.4 is 22.4 Å². The smallest absolute Gasteiger partial charge is 0.261 e. The van der Waals surface area contributed by atoms with Crippen LogP contribution in [0.2, 0.25) is 0 Å². The van der Waals surface area contributed by atoms with E-state index in [1.165, 1.54) is 6.07 Å². The highest BCUT2D eigenvalue weighted by molar-refractivity contribution is 6.04. The molecular weight excluding hydrogens is 376 g/mol. The van der Waals surface area contributed by atoms with Gasteiger partial charge in [-0.05, 0) is 53.9 Å². The van der Waals surface area contributed by atoms with E-state index >= 15 is 0 Å². The molecule has 0 atom stereocenters. The van der Waals surface area contributed by atoms with Gasteiger partial charge >= 0.3 is 0 Å². The molecule has 0 spiro atoms. The number of nitrogens with zero attached hydrogens (tertiary/aromatic N) is 1. The molecule has 0 aliphatic carbocycles. The molecule has 1 amide bonds. The topological polar surface area (TPSA) is 106 Å². The highest BCUT2D eigenvalue weighted by atomic mass is 19.1. The van der Waals surface area contributed by atoms with E-state index in [1.54, 1.807) is 24.3 Å². The van der Waals surface area contributed by atoms with E-state index in [0.717, 1.165) is 28.8 Å². The Bertz CT molecular complexity index is 1060. The van der Waals surface area contributed by atoms with Crippen molar-refractivity contribution in [2.75, 3.05) is 5.32 Å². The molecule has 0 aliphatic heterocycles. The number of carbonyl (C=O) groups is 1. The first-order chi connectivity index (χ1) is 13.9. The maximum atomic E-state index is 13.8. The molecule has 29 heavy (non-hydrogen) atoms. The molecule has 3 rings (SSSR count). The molecule has 3 aromatic carbocycles.